The number of rotatable bonds is 0. The zero-order chi connectivity index (χ0) is 14.4. The van der Waals surface area contributed by atoms with E-state index >= 15 is 0 Å². The van der Waals surface area contributed by atoms with Crippen LogP contribution in [0.1, 0.15) is 45.7 Å². The molecule has 0 aliphatic carbocycles. The molecule has 4 heteroatoms. The molecule has 1 amide bonds. The van der Waals surface area contributed by atoms with Crippen molar-refractivity contribution in [3.8, 4) is 0 Å². The second kappa shape index (κ2) is 4.51. The van der Waals surface area contributed by atoms with E-state index in [0.29, 0.717) is 6.54 Å². The standard InChI is InChI=1S/C15H20BrNO2/c1-14(2,3)19-13(18)17-9-10-6-7-11(16)8-12(10)15(17,4)5/h6-8H,9H2,1-5H3. The molecule has 104 valence electrons. The number of amides is 1. The third kappa shape index (κ3) is 2.78. The van der Waals surface area contributed by atoms with Crippen LogP contribution in [-0.2, 0) is 16.8 Å². The summed E-state index contributed by atoms with van der Waals surface area (Å²) in [6.45, 7) is 10.4. The van der Waals surface area contributed by atoms with E-state index in [1.807, 2.05) is 26.8 Å². The molecule has 19 heavy (non-hydrogen) atoms. The second-order valence-electron chi connectivity index (χ2n) is 6.43. The molecule has 0 atom stereocenters. The van der Waals surface area contributed by atoms with E-state index in [1.165, 1.54) is 11.1 Å². The van der Waals surface area contributed by atoms with Gasteiger partial charge in [0.15, 0.2) is 0 Å². The average molecular weight is 326 g/mol. The molecule has 1 aliphatic heterocycles. The van der Waals surface area contributed by atoms with Crippen molar-refractivity contribution in [2.75, 3.05) is 0 Å². The van der Waals surface area contributed by atoms with Gasteiger partial charge in [0.05, 0.1) is 12.1 Å². The molecule has 0 radical (unpaired) electrons. The molecule has 0 N–H and O–H groups in total. The van der Waals surface area contributed by atoms with Gasteiger partial charge in [-0.1, -0.05) is 22.0 Å². The molecule has 0 spiro atoms. The lowest BCUT2D eigenvalue weighted by atomic mass is 9.94. The van der Waals surface area contributed by atoms with Gasteiger partial charge in [-0.3, -0.25) is 4.90 Å². The first-order chi connectivity index (χ1) is 8.61. The number of halogens is 1. The van der Waals surface area contributed by atoms with Crippen LogP contribution in [0.15, 0.2) is 22.7 Å². The highest BCUT2D eigenvalue weighted by Crippen LogP contribution is 2.40. The molecule has 3 nitrogen and oxygen atoms in total. The summed E-state index contributed by atoms with van der Waals surface area (Å²) in [6, 6.07) is 6.15. The van der Waals surface area contributed by atoms with Crippen molar-refractivity contribution in [3.05, 3.63) is 33.8 Å². The largest absolute Gasteiger partial charge is 0.444 e. The Hall–Kier alpha value is -1.03. The van der Waals surface area contributed by atoms with Gasteiger partial charge in [0, 0.05) is 4.47 Å². The van der Waals surface area contributed by atoms with E-state index in [1.54, 1.807) is 4.90 Å². The lowest BCUT2D eigenvalue weighted by Gasteiger charge is -2.34. The Morgan fingerprint density at radius 1 is 1.37 bits per heavy atom. The second-order valence-corrected chi connectivity index (χ2v) is 7.34. The van der Waals surface area contributed by atoms with Crippen LogP contribution in [0, 0.1) is 0 Å². The summed E-state index contributed by atoms with van der Waals surface area (Å²) < 4.78 is 6.53. The predicted octanol–water partition coefficient (Wildman–Crippen LogP) is 4.43. The summed E-state index contributed by atoms with van der Waals surface area (Å²) in [7, 11) is 0. The highest BCUT2D eigenvalue weighted by molar-refractivity contribution is 9.10. The Bertz CT molecular complexity index is 517. The smallest absolute Gasteiger partial charge is 0.411 e. The Kier molecular flexibility index (Phi) is 3.42. The van der Waals surface area contributed by atoms with Crippen molar-refractivity contribution in [1.82, 2.24) is 4.90 Å². The van der Waals surface area contributed by atoms with E-state index in [-0.39, 0.29) is 11.6 Å². The van der Waals surface area contributed by atoms with Gasteiger partial charge >= 0.3 is 6.09 Å². The summed E-state index contributed by atoms with van der Waals surface area (Å²) in [5, 5.41) is 0. The highest BCUT2D eigenvalue weighted by Gasteiger charge is 2.42. The predicted molar refractivity (Wildman–Crippen MR) is 78.9 cm³/mol. The fourth-order valence-corrected chi connectivity index (χ4v) is 2.74. The van der Waals surface area contributed by atoms with Gasteiger partial charge in [-0.25, -0.2) is 4.79 Å². The summed E-state index contributed by atoms with van der Waals surface area (Å²) >= 11 is 3.49. The van der Waals surface area contributed by atoms with Crippen LogP contribution in [-0.4, -0.2) is 16.6 Å². The molecule has 1 aliphatic rings. The average Bonchev–Trinajstić information content (AvgIpc) is 2.48. The van der Waals surface area contributed by atoms with E-state index in [4.69, 9.17) is 4.74 Å². The number of hydrogen-bond donors (Lipinski definition) is 0. The summed E-state index contributed by atoms with van der Waals surface area (Å²) in [6.07, 6.45) is -0.259. The molecule has 0 aromatic heterocycles. The van der Waals surface area contributed by atoms with Gasteiger partial charge in [-0.15, -0.1) is 0 Å². The Morgan fingerprint density at radius 2 is 2.00 bits per heavy atom. The first kappa shape index (κ1) is 14.4. The van der Waals surface area contributed by atoms with Crippen LogP contribution in [0.25, 0.3) is 0 Å². The third-order valence-electron chi connectivity index (χ3n) is 3.35. The third-order valence-corrected chi connectivity index (χ3v) is 3.84. The molecule has 0 fully saturated rings. The first-order valence-electron chi connectivity index (χ1n) is 6.41. The van der Waals surface area contributed by atoms with Gasteiger partial charge < -0.3 is 4.74 Å². The fraction of sp³-hybridized carbons (Fsp3) is 0.533. The maximum Gasteiger partial charge on any atom is 0.411 e. The highest BCUT2D eigenvalue weighted by atomic mass is 79.9. The number of hydrogen-bond acceptors (Lipinski definition) is 2. The Balaban J connectivity index is 2.30. The van der Waals surface area contributed by atoms with Crippen LogP contribution < -0.4 is 0 Å². The van der Waals surface area contributed by atoms with E-state index in [9.17, 15) is 4.79 Å². The minimum Gasteiger partial charge on any atom is -0.444 e. The lowest BCUT2D eigenvalue weighted by Crippen LogP contribution is -2.43. The van der Waals surface area contributed by atoms with Crippen molar-refractivity contribution in [2.45, 2.75) is 52.3 Å². The number of ether oxygens (including phenoxy) is 1. The van der Waals surface area contributed by atoms with Crippen molar-refractivity contribution in [1.29, 1.82) is 0 Å². The number of carbonyl (C=O) groups excluding carboxylic acids is 1. The monoisotopic (exact) mass is 325 g/mol. The molecular formula is C15H20BrNO2. The SMILES string of the molecule is CC(C)(C)OC(=O)N1Cc2ccc(Br)cc2C1(C)C. The van der Waals surface area contributed by atoms with Crippen molar-refractivity contribution >= 4 is 22.0 Å². The zero-order valence-electron chi connectivity index (χ0n) is 12.1. The van der Waals surface area contributed by atoms with Gasteiger partial charge in [0.1, 0.15) is 5.60 Å². The van der Waals surface area contributed by atoms with Crippen molar-refractivity contribution in [2.24, 2.45) is 0 Å². The quantitative estimate of drug-likeness (QED) is 0.706. The van der Waals surface area contributed by atoms with Crippen molar-refractivity contribution < 1.29 is 9.53 Å². The van der Waals surface area contributed by atoms with Gasteiger partial charge in [0.25, 0.3) is 0 Å². The van der Waals surface area contributed by atoms with Crippen molar-refractivity contribution in [3.63, 3.8) is 0 Å². The van der Waals surface area contributed by atoms with Crippen LogP contribution in [0.3, 0.4) is 0 Å². The molecule has 0 saturated heterocycles. The molecule has 1 aromatic rings. The minimum absolute atomic E-state index is 0.259. The van der Waals surface area contributed by atoms with Crippen LogP contribution >= 0.6 is 15.9 Å². The van der Waals surface area contributed by atoms with Crippen LogP contribution in [0.5, 0.6) is 0 Å². The summed E-state index contributed by atoms with van der Waals surface area (Å²) in [5.41, 5.74) is 1.54. The van der Waals surface area contributed by atoms with Gasteiger partial charge in [-0.05, 0) is 57.9 Å². The van der Waals surface area contributed by atoms with E-state index < -0.39 is 5.60 Å². The fourth-order valence-electron chi connectivity index (χ4n) is 2.38. The summed E-state index contributed by atoms with van der Waals surface area (Å²) in [4.78, 5) is 14.1. The van der Waals surface area contributed by atoms with E-state index in [0.717, 1.165) is 4.47 Å². The van der Waals surface area contributed by atoms with Gasteiger partial charge in [0.2, 0.25) is 0 Å². The molecule has 0 saturated carbocycles. The zero-order valence-corrected chi connectivity index (χ0v) is 13.7. The Labute approximate surface area is 123 Å². The van der Waals surface area contributed by atoms with Gasteiger partial charge in [-0.2, -0.15) is 0 Å². The maximum atomic E-state index is 12.3. The maximum absolute atomic E-state index is 12.3. The van der Waals surface area contributed by atoms with Crippen LogP contribution in [0.4, 0.5) is 4.79 Å². The molecule has 2 rings (SSSR count). The molecule has 1 aromatic carbocycles. The minimum atomic E-state index is -0.470. The number of benzene rings is 1. The lowest BCUT2D eigenvalue weighted by molar-refractivity contribution is 0.00519. The Morgan fingerprint density at radius 3 is 2.58 bits per heavy atom. The summed E-state index contributed by atoms with van der Waals surface area (Å²) in [5.74, 6) is 0. The molecule has 1 heterocycles. The topological polar surface area (TPSA) is 29.5 Å². The number of nitrogens with zero attached hydrogens (tertiary/aromatic N) is 1. The molecule has 0 unspecified atom stereocenters. The number of carbonyl (C=O) groups is 1. The normalized spacial score (nSPS) is 17.3. The van der Waals surface area contributed by atoms with Crippen LogP contribution in [0.2, 0.25) is 0 Å². The molecule has 0 bridgehead atoms. The molecular weight excluding hydrogens is 306 g/mol. The first-order valence-corrected chi connectivity index (χ1v) is 7.20. The number of fused-ring (bicyclic) bond motifs is 1. The van der Waals surface area contributed by atoms with E-state index in [2.05, 4.69) is 41.9 Å².